The van der Waals surface area contributed by atoms with Gasteiger partial charge in [-0.25, -0.2) is 0 Å². The van der Waals surface area contributed by atoms with Gasteiger partial charge in [-0.05, 0) is 44.5 Å². The molecule has 0 aromatic heterocycles. The molecule has 0 heterocycles. The Hall–Kier alpha value is -2.61. The van der Waals surface area contributed by atoms with Crippen molar-refractivity contribution < 1.29 is 9.59 Å². The zero-order chi connectivity index (χ0) is 15.8. The molecule has 21 heavy (non-hydrogen) atoms. The van der Waals surface area contributed by atoms with Crippen molar-refractivity contribution in [2.24, 2.45) is 0 Å². The molecule has 0 spiro atoms. The number of rotatable bonds is 6. The predicted molar refractivity (Wildman–Crippen MR) is 81.7 cm³/mol. The van der Waals surface area contributed by atoms with Gasteiger partial charge >= 0.3 is 0 Å². The van der Waals surface area contributed by atoms with Crippen molar-refractivity contribution in [1.82, 2.24) is 5.32 Å². The number of ketones is 1. The number of nitriles is 1. The quantitative estimate of drug-likeness (QED) is 0.478. The molecule has 1 aromatic carbocycles. The fraction of sp³-hybridized carbons (Fsp3) is 0.312. The topological polar surface area (TPSA) is 82.0 Å². The average Bonchev–Trinajstić information content (AvgIpc) is 2.48. The van der Waals surface area contributed by atoms with Gasteiger partial charge in [0.05, 0.1) is 0 Å². The first kappa shape index (κ1) is 16.4. The van der Waals surface area contributed by atoms with E-state index in [1.54, 1.807) is 24.3 Å². The lowest BCUT2D eigenvalue weighted by molar-refractivity contribution is -0.112. The molecule has 1 amide bonds. The van der Waals surface area contributed by atoms with Crippen LogP contribution in [0.2, 0.25) is 0 Å². The lowest BCUT2D eigenvalue weighted by Crippen LogP contribution is -2.22. The lowest BCUT2D eigenvalue weighted by Gasteiger charge is -2.09. The van der Waals surface area contributed by atoms with Crippen LogP contribution in [0, 0.1) is 11.3 Å². The zero-order valence-corrected chi connectivity index (χ0v) is 12.4. The highest BCUT2D eigenvalue weighted by Gasteiger charge is 2.10. The molecule has 110 valence electrons. The number of amides is 1. The smallest absolute Gasteiger partial charge is 0.267 e. The normalized spacial score (nSPS) is 12.2. The molecule has 1 aromatic rings. The van der Waals surface area contributed by atoms with Crippen molar-refractivity contribution in [2.45, 2.75) is 33.2 Å². The van der Waals surface area contributed by atoms with Crippen LogP contribution < -0.4 is 10.6 Å². The minimum atomic E-state index is -0.483. The van der Waals surface area contributed by atoms with Crippen LogP contribution in [-0.4, -0.2) is 17.7 Å². The lowest BCUT2D eigenvalue weighted by atomic mass is 10.1. The summed E-state index contributed by atoms with van der Waals surface area (Å²) in [5.41, 5.74) is 1.11. The van der Waals surface area contributed by atoms with Crippen LogP contribution in [0.15, 0.2) is 36.0 Å². The Morgan fingerprint density at radius 2 is 1.95 bits per heavy atom. The van der Waals surface area contributed by atoms with Gasteiger partial charge in [-0.1, -0.05) is 6.92 Å². The number of nitrogens with zero attached hydrogens (tertiary/aromatic N) is 1. The largest absolute Gasteiger partial charge is 0.387 e. The molecule has 0 saturated heterocycles. The molecule has 2 N–H and O–H groups in total. The number of nitrogens with one attached hydrogen (secondary N) is 2. The molecule has 1 unspecified atom stereocenters. The van der Waals surface area contributed by atoms with Gasteiger partial charge in [0.2, 0.25) is 0 Å². The Morgan fingerprint density at radius 3 is 2.43 bits per heavy atom. The zero-order valence-electron chi connectivity index (χ0n) is 12.4. The molecule has 0 aliphatic rings. The van der Waals surface area contributed by atoms with Crippen LogP contribution in [0.1, 0.15) is 37.6 Å². The number of benzene rings is 1. The van der Waals surface area contributed by atoms with E-state index in [-0.39, 0.29) is 17.4 Å². The molecule has 0 saturated carbocycles. The first-order chi connectivity index (χ1) is 9.97. The predicted octanol–water partition coefficient (Wildman–Crippen LogP) is 2.62. The maximum Gasteiger partial charge on any atom is 0.267 e. The molecule has 0 aliphatic carbocycles. The highest BCUT2D eigenvalue weighted by molar-refractivity contribution is 6.06. The van der Waals surface area contributed by atoms with Crippen LogP contribution in [0.25, 0.3) is 0 Å². The maximum absolute atomic E-state index is 12.0. The summed E-state index contributed by atoms with van der Waals surface area (Å²) in [5, 5.41) is 14.6. The summed E-state index contributed by atoms with van der Waals surface area (Å²) in [4.78, 5) is 23.1. The molecule has 1 atom stereocenters. The van der Waals surface area contributed by atoms with Crippen LogP contribution in [0.5, 0.6) is 0 Å². The van der Waals surface area contributed by atoms with Crippen molar-refractivity contribution in [3.63, 3.8) is 0 Å². The molecular weight excluding hydrogens is 266 g/mol. The third-order valence-corrected chi connectivity index (χ3v) is 3.04. The molecule has 0 bridgehead atoms. The molecule has 5 heteroatoms. The van der Waals surface area contributed by atoms with Gasteiger partial charge in [-0.2, -0.15) is 5.26 Å². The van der Waals surface area contributed by atoms with Gasteiger partial charge < -0.3 is 10.6 Å². The first-order valence-electron chi connectivity index (χ1n) is 6.76. The van der Waals surface area contributed by atoms with Gasteiger partial charge in [0.25, 0.3) is 5.91 Å². The molecule has 0 aliphatic heterocycles. The molecule has 5 nitrogen and oxygen atoms in total. The van der Waals surface area contributed by atoms with Crippen molar-refractivity contribution in [3.05, 3.63) is 41.6 Å². The van der Waals surface area contributed by atoms with Gasteiger partial charge in [-0.3, -0.25) is 9.59 Å². The standard InChI is InChI=1S/C16H19N3O2/c1-4-11(2)18-10-14(9-17)16(21)19-15-7-5-13(6-8-15)12(3)20/h5-8,10-11,18H,4H2,1-3H3,(H,19,21)/b14-10-. The molecule has 1 rings (SSSR count). The summed E-state index contributed by atoms with van der Waals surface area (Å²) in [6.45, 7) is 5.45. The monoisotopic (exact) mass is 285 g/mol. The maximum atomic E-state index is 12.0. The van der Waals surface area contributed by atoms with Crippen LogP contribution >= 0.6 is 0 Å². The van der Waals surface area contributed by atoms with E-state index in [1.165, 1.54) is 13.1 Å². The van der Waals surface area contributed by atoms with Crippen molar-refractivity contribution >= 4 is 17.4 Å². The summed E-state index contributed by atoms with van der Waals surface area (Å²) in [6, 6.07) is 8.58. The van der Waals surface area contributed by atoms with Gasteiger partial charge in [0.1, 0.15) is 11.6 Å². The van der Waals surface area contributed by atoms with Gasteiger partial charge in [0.15, 0.2) is 5.78 Å². The Labute approximate surface area is 124 Å². The number of anilines is 1. The third-order valence-electron chi connectivity index (χ3n) is 3.04. The number of carbonyl (C=O) groups is 2. The van der Waals surface area contributed by atoms with E-state index < -0.39 is 5.91 Å². The number of hydrogen-bond donors (Lipinski definition) is 2. The van der Waals surface area contributed by atoms with Crippen molar-refractivity contribution in [2.75, 3.05) is 5.32 Å². The highest BCUT2D eigenvalue weighted by atomic mass is 16.1. The Kier molecular flexibility index (Phi) is 6.15. The van der Waals surface area contributed by atoms with Crippen LogP contribution in [0.4, 0.5) is 5.69 Å². The first-order valence-corrected chi connectivity index (χ1v) is 6.76. The Bertz CT molecular complexity index is 583. The molecular formula is C16H19N3O2. The van der Waals surface area contributed by atoms with E-state index in [9.17, 15) is 9.59 Å². The van der Waals surface area contributed by atoms with Crippen molar-refractivity contribution in [1.29, 1.82) is 5.26 Å². The number of carbonyl (C=O) groups excluding carboxylic acids is 2. The third kappa shape index (κ3) is 5.11. The van der Waals surface area contributed by atoms with Gasteiger partial charge in [-0.15, -0.1) is 0 Å². The van der Waals surface area contributed by atoms with E-state index >= 15 is 0 Å². The molecule has 0 fully saturated rings. The van der Waals surface area contributed by atoms with Crippen LogP contribution in [0.3, 0.4) is 0 Å². The van der Waals surface area contributed by atoms with Crippen LogP contribution in [-0.2, 0) is 4.79 Å². The summed E-state index contributed by atoms with van der Waals surface area (Å²) < 4.78 is 0. The highest BCUT2D eigenvalue weighted by Crippen LogP contribution is 2.11. The fourth-order valence-electron chi connectivity index (χ4n) is 1.48. The van der Waals surface area contributed by atoms with E-state index in [4.69, 9.17) is 5.26 Å². The SMILES string of the molecule is CCC(C)N/C=C(/C#N)C(=O)Nc1ccc(C(C)=O)cc1. The second-order valence-corrected chi connectivity index (χ2v) is 4.73. The van der Waals surface area contributed by atoms with E-state index in [1.807, 2.05) is 19.9 Å². The second kappa shape index (κ2) is 7.85. The Balaban J connectivity index is 2.74. The minimum Gasteiger partial charge on any atom is -0.387 e. The fourth-order valence-corrected chi connectivity index (χ4v) is 1.48. The summed E-state index contributed by atoms with van der Waals surface area (Å²) in [5.74, 6) is -0.521. The summed E-state index contributed by atoms with van der Waals surface area (Å²) >= 11 is 0. The Morgan fingerprint density at radius 1 is 1.33 bits per heavy atom. The summed E-state index contributed by atoms with van der Waals surface area (Å²) in [6.07, 6.45) is 2.32. The molecule has 0 radical (unpaired) electrons. The van der Waals surface area contributed by atoms with E-state index in [0.717, 1.165) is 6.42 Å². The minimum absolute atomic E-state index is 0.00550. The van der Waals surface area contributed by atoms with Crippen molar-refractivity contribution in [3.8, 4) is 6.07 Å². The van der Waals surface area contributed by atoms with E-state index in [2.05, 4.69) is 10.6 Å². The average molecular weight is 285 g/mol. The number of hydrogen-bond acceptors (Lipinski definition) is 4. The number of Topliss-reactive ketones (excluding diaryl/α,β-unsaturated/α-hetero) is 1. The summed E-state index contributed by atoms with van der Waals surface area (Å²) in [7, 11) is 0. The second-order valence-electron chi connectivity index (χ2n) is 4.73. The van der Waals surface area contributed by atoms with E-state index in [0.29, 0.717) is 11.3 Å². The van der Waals surface area contributed by atoms with Gasteiger partial charge in [0, 0.05) is 23.5 Å².